The Kier molecular flexibility index (Phi) is 7.39. The summed E-state index contributed by atoms with van der Waals surface area (Å²) < 4.78 is 57.3. The van der Waals surface area contributed by atoms with E-state index in [1.54, 1.807) is 0 Å². The fourth-order valence-corrected chi connectivity index (χ4v) is 2.22. The maximum atomic E-state index is 12.4. The summed E-state index contributed by atoms with van der Waals surface area (Å²) in [5, 5.41) is 3.42. The molecule has 1 heterocycles. The SMILES string of the molecule is COC(=O)c1c(Oc2nc(OC)cc(OC)n2)cccc1/C(C)=N/OCC(F)(F)F. The van der Waals surface area contributed by atoms with Gasteiger partial charge in [-0.3, -0.25) is 0 Å². The fraction of sp³-hybridized carbons (Fsp3) is 0.333. The topological polar surface area (TPSA) is 101 Å². The van der Waals surface area contributed by atoms with Gasteiger partial charge >= 0.3 is 18.2 Å². The van der Waals surface area contributed by atoms with Crippen LogP contribution in [0.25, 0.3) is 0 Å². The van der Waals surface area contributed by atoms with Gasteiger partial charge in [0.25, 0.3) is 0 Å². The summed E-state index contributed by atoms with van der Waals surface area (Å²) in [5.41, 5.74) is 0.0212. The van der Waals surface area contributed by atoms with Crippen LogP contribution < -0.4 is 14.2 Å². The molecule has 0 bridgehead atoms. The number of alkyl halides is 3. The predicted molar refractivity (Wildman–Crippen MR) is 97.2 cm³/mol. The third-order valence-electron chi connectivity index (χ3n) is 3.51. The van der Waals surface area contributed by atoms with E-state index in [0.29, 0.717) is 0 Å². The Labute approximate surface area is 169 Å². The number of hydrogen-bond acceptors (Lipinski definition) is 9. The minimum Gasteiger partial charge on any atom is -0.481 e. The largest absolute Gasteiger partial charge is 0.481 e. The van der Waals surface area contributed by atoms with Gasteiger partial charge in [-0.25, -0.2) is 4.79 Å². The number of halogens is 3. The van der Waals surface area contributed by atoms with Crippen molar-refractivity contribution in [2.75, 3.05) is 27.9 Å². The van der Waals surface area contributed by atoms with Crippen LogP contribution in [-0.2, 0) is 9.57 Å². The van der Waals surface area contributed by atoms with Crippen molar-refractivity contribution < 1.29 is 41.8 Å². The van der Waals surface area contributed by atoms with Crippen LogP contribution >= 0.6 is 0 Å². The minimum atomic E-state index is -4.55. The molecule has 2 rings (SSSR count). The molecule has 0 unspecified atom stereocenters. The predicted octanol–water partition coefficient (Wildman–Crippen LogP) is 3.38. The molecule has 0 radical (unpaired) electrons. The molecule has 0 aliphatic rings. The standard InChI is InChI=1S/C18H18F3N3O6/c1-10(24-29-9-18(19,20)21)11-6-5-7-12(15(11)16(25)28-4)30-17-22-13(26-2)8-14(23-17)27-3/h5-8H,9H2,1-4H3/b24-10+. The van der Waals surface area contributed by atoms with Crippen molar-refractivity contribution in [2.45, 2.75) is 13.1 Å². The van der Waals surface area contributed by atoms with Crippen LogP contribution in [0.1, 0.15) is 22.8 Å². The zero-order chi connectivity index (χ0) is 22.3. The van der Waals surface area contributed by atoms with Gasteiger partial charge in [0, 0.05) is 5.56 Å². The number of benzene rings is 1. The van der Waals surface area contributed by atoms with Crippen LogP contribution in [0, 0.1) is 0 Å². The number of ether oxygens (including phenoxy) is 4. The Balaban J connectivity index is 2.45. The lowest BCUT2D eigenvalue weighted by atomic mass is 10.0. The van der Waals surface area contributed by atoms with Crippen molar-refractivity contribution in [1.82, 2.24) is 9.97 Å². The van der Waals surface area contributed by atoms with E-state index < -0.39 is 18.8 Å². The summed E-state index contributed by atoms with van der Waals surface area (Å²) in [6, 6.07) is 5.59. The molecule has 0 atom stereocenters. The molecule has 0 spiro atoms. The third kappa shape index (κ3) is 5.96. The van der Waals surface area contributed by atoms with Gasteiger partial charge in [-0.2, -0.15) is 23.1 Å². The van der Waals surface area contributed by atoms with Gasteiger partial charge in [0.05, 0.1) is 33.1 Å². The normalized spacial score (nSPS) is 11.6. The maximum Gasteiger partial charge on any atom is 0.425 e. The monoisotopic (exact) mass is 429 g/mol. The molecule has 2 aromatic rings. The summed E-state index contributed by atoms with van der Waals surface area (Å²) in [6.45, 7) is -0.210. The number of aromatic nitrogens is 2. The highest BCUT2D eigenvalue weighted by Crippen LogP contribution is 2.29. The van der Waals surface area contributed by atoms with E-state index in [1.165, 1.54) is 45.4 Å². The van der Waals surface area contributed by atoms with Gasteiger partial charge in [0.1, 0.15) is 11.3 Å². The van der Waals surface area contributed by atoms with Gasteiger partial charge in [0.15, 0.2) is 0 Å². The first-order chi connectivity index (χ1) is 14.2. The second-order valence-electron chi connectivity index (χ2n) is 5.57. The quantitative estimate of drug-likeness (QED) is 0.358. The first kappa shape index (κ1) is 22.7. The lowest BCUT2D eigenvalue weighted by Crippen LogP contribution is -2.16. The molecule has 12 heteroatoms. The highest BCUT2D eigenvalue weighted by atomic mass is 19.4. The summed E-state index contributed by atoms with van der Waals surface area (Å²) >= 11 is 0. The number of hydrogen-bond donors (Lipinski definition) is 0. The number of methoxy groups -OCH3 is 3. The van der Waals surface area contributed by atoms with Crippen molar-refractivity contribution in [3.63, 3.8) is 0 Å². The molecule has 0 N–H and O–H groups in total. The Morgan fingerprint density at radius 2 is 1.73 bits per heavy atom. The second-order valence-corrected chi connectivity index (χ2v) is 5.57. The van der Waals surface area contributed by atoms with Crippen molar-refractivity contribution in [2.24, 2.45) is 5.16 Å². The molecule has 1 aromatic heterocycles. The van der Waals surface area contributed by atoms with Gasteiger partial charge in [-0.1, -0.05) is 17.3 Å². The minimum absolute atomic E-state index is 0.00533. The number of nitrogens with zero attached hydrogens (tertiary/aromatic N) is 3. The van der Waals surface area contributed by atoms with E-state index >= 15 is 0 Å². The van der Waals surface area contributed by atoms with Gasteiger partial charge in [0.2, 0.25) is 18.4 Å². The molecular formula is C18H18F3N3O6. The van der Waals surface area contributed by atoms with E-state index in [9.17, 15) is 18.0 Å². The summed E-state index contributed by atoms with van der Waals surface area (Å²) in [6.07, 6.45) is -4.55. The average molecular weight is 429 g/mol. The van der Waals surface area contributed by atoms with E-state index in [1.807, 2.05) is 0 Å². The number of carbonyl (C=O) groups excluding carboxylic acids is 1. The van der Waals surface area contributed by atoms with Crippen LogP contribution in [0.2, 0.25) is 0 Å². The highest BCUT2D eigenvalue weighted by Gasteiger charge is 2.29. The van der Waals surface area contributed by atoms with Crippen LogP contribution in [0.3, 0.4) is 0 Å². The van der Waals surface area contributed by atoms with Crippen LogP contribution in [-0.4, -0.2) is 55.8 Å². The lowest BCUT2D eigenvalue weighted by Gasteiger charge is -2.14. The van der Waals surface area contributed by atoms with Crippen LogP contribution in [0.5, 0.6) is 23.5 Å². The molecule has 1 aromatic carbocycles. The molecule has 0 aliphatic carbocycles. The van der Waals surface area contributed by atoms with Gasteiger partial charge in [-0.05, 0) is 13.0 Å². The molecule has 0 fully saturated rings. The van der Waals surface area contributed by atoms with Crippen molar-refractivity contribution in [3.8, 4) is 23.5 Å². The molecule has 30 heavy (non-hydrogen) atoms. The first-order valence-corrected chi connectivity index (χ1v) is 8.28. The van der Waals surface area contributed by atoms with Gasteiger partial charge in [-0.15, -0.1) is 0 Å². The van der Waals surface area contributed by atoms with E-state index in [-0.39, 0.29) is 40.4 Å². The van der Waals surface area contributed by atoms with Crippen LogP contribution in [0.4, 0.5) is 13.2 Å². The first-order valence-electron chi connectivity index (χ1n) is 8.28. The number of carbonyl (C=O) groups is 1. The molecule has 9 nitrogen and oxygen atoms in total. The fourth-order valence-electron chi connectivity index (χ4n) is 2.22. The Bertz CT molecular complexity index is 912. The Morgan fingerprint density at radius 1 is 1.10 bits per heavy atom. The maximum absolute atomic E-state index is 12.4. The zero-order valence-electron chi connectivity index (χ0n) is 16.4. The number of rotatable bonds is 8. The zero-order valence-corrected chi connectivity index (χ0v) is 16.4. The molecular weight excluding hydrogens is 411 g/mol. The van der Waals surface area contributed by atoms with Gasteiger partial charge < -0.3 is 23.8 Å². The smallest absolute Gasteiger partial charge is 0.425 e. The summed E-state index contributed by atoms with van der Waals surface area (Å²) in [7, 11) is 3.90. The van der Waals surface area contributed by atoms with Crippen molar-refractivity contribution in [3.05, 3.63) is 35.4 Å². The molecule has 0 saturated heterocycles. The van der Waals surface area contributed by atoms with Crippen LogP contribution in [0.15, 0.2) is 29.4 Å². The van der Waals surface area contributed by atoms with Crippen molar-refractivity contribution in [1.29, 1.82) is 0 Å². The molecule has 0 saturated carbocycles. The summed E-state index contributed by atoms with van der Waals surface area (Å²) in [5.74, 6) is -0.558. The lowest BCUT2D eigenvalue weighted by molar-refractivity contribution is -0.173. The molecule has 0 amide bonds. The Hall–Kier alpha value is -3.57. The molecule has 162 valence electrons. The van der Waals surface area contributed by atoms with E-state index in [0.717, 1.165) is 7.11 Å². The van der Waals surface area contributed by atoms with E-state index in [2.05, 4.69) is 20.0 Å². The second kappa shape index (κ2) is 9.76. The van der Waals surface area contributed by atoms with Crippen molar-refractivity contribution >= 4 is 11.7 Å². The van der Waals surface area contributed by atoms with E-state index in [4.69, 9.17) is 18.9 Å². The highest BCUT2D eigenvalue weighted by molar-refractivity contribution is 6.09. The Morgan fingerprint density at radius 3 is 2.27 bits per heavy atom. The third-order valence-corrected chi connectivity index (χ3v) is 3.51. The average Bonchev–Trinajstić information content (AvgIpc) is 2.71. The summed E-state index contributed by atoms with van der Waals surface area (Å²) in [4.78, 5) is 24.7. The number of esters is 1. The number of oxime groups is 1. The molecule has 0 aliphatic heterocycles.